The van der Waals surface area contributed by atoms with Gasteiger partial charge in [0.2, 0.25) is 0 Å². The molecule has 0 bridgehead atoms. The van der Waals surface area contributed by atoms with E-state index in [9.17, 15) is 4.79 Å². The highest BCUT2D eigenvalue weighted by Crippen LogP contribution is 2.31. The third kappa shape index (κ3) is 3.00. The number of likely N-dealkylation sites (N-methyl/N-ethyl adjacent to an activating group) is 1. The molecule has 1 saturated carbocycles. The van der Waals surface area contributed by atoms with Gasteiger partial charge in [-0.1, -0.05) is 0 Å². The zero-order chi connectivity index (χ0) is 16.5. The molecule has 0 radical (unpaired) electrons. The van der Waals surface area contributed by atoms with Gasteiger partial charge in [-0.05, 0) is 38.4 Å². The summed E-state index contributed by atoms with van der Waals surface area (Å²) >= 11 is 0. The molecule has 0 aromatic carbocycles. The van der Waals surface area contributed by atoms with Crippen LogP contribution in [0.15, 0.2) is 18.3 Å². The van der Waals surface area contributed by atoms with Gasteiger partial charge in [0.15, 0.2) is 0 Å². The van der Waals surface area contributed by atoms with Crippen LogP contribution in [0.4, 0.5) is 5.82 Å². The van der Waals surface area contributed by atoms with E-state index in [1.54, 1.807) is 6.20 Å². The van der Waals surface area contributed by atoms with E-state index in [1.165, 1.54) is 0 Å². The number of ether oxygens (including phenoxy) is 1. The van der Waals surface area contributed by atoms with E-state index in [0.717, 1.165) is 56.8 Å². The minimum atomic E-state index is 0.132. The number of morpholine rings is 1. The monoisotopic (exact) mass is 330 g/mol. The summed E-state index contributed by atoms with van der Waals surface area (Å²) in [4.78, 5) is 24.2. The van der Waals surface area contributed by atoms with Gasteiger partial charge in [0.05, 0.1) is 18.8 Å². The minimum Gasteiger partial charge on any atom is -0.374 e. The molecule has 1 aliphatic carbocycles. The SMILES string of the molecule is CN1CCN(c2cc(C(=O)N3CCO[C@@H]4CCC[C@@H]43)ccn2)CC1. The van der Waals surface area contributed by atoms with E-state index in [-0.39, 0.29) is 18.1 Å². The summed E-state index contributed by atoms with van der Waals surface area (Å²) in [5.74, 6) is 1.05. The van der Waals surface area contributed by atoms with Gasteiger partial charge in [-0.25, -0.2) is 4.98 Å². The zero-order valence-electron chi connectivity index (χ0n) is 14.4. The molecule has 1 aromatic heterocycles. The van der Waals surface area contributed by atoms with Crippen molar-refractivity contribution in [1.29, 1.82) is 0 Å². The highest BCUT2D eigenvalue weighted by atomic mass is 16.5. The fourth-order valence-corrected chi connectivity index (χ4v) is 4.10. The summed E-state index contributed by atoms with van der Waals surface area (Å²) in [5, 5.41) is 0. The average Bonchev–Trinajstić information content (AvgIpc) is 3.10. The molecule has 3 fully saturated rings. The minimum absolute atomic E-state index is 0.132. The third-order valence-corrected chi connectivity index (χ3v) is 5.56. The standard InChI is InChI=1S/C18H26N4O2/c1-20-7-9-21(10-8-20)17-13-14(5-6-19-17)18(23)22-11-12-24-16-4-2-3-15(16)22/h5-6,13,15-16H,2-4,7-12H2,1H3/t15-,16+/m0/s1. The molecule has 130 valence electrons. The van der Waals surface area contributed by atoms with Gasteiger partial charge in [0.1, 0.15) is 5.82 Å². The van der Waals surface area contributed by atoms with E-state index in [1.807, 2.05) is 17.0 Å². The Labute approximate surface area is 143 Å². The molecule has 0 N–H and O–H groups in total. The number of hydrogen-bond acceptors (Lipinski definition) is 5. The van der Waals surface area contributed by atoms with E-state index < -0.39 is 0 Å². The maximum atomic E-state index is 13.0. The van der Waals surface area contributed by atoms with Crippen LogP contribution in [-0.4, -0.2) is 79.2 Å². The lowest BCUT2D eigenvalue weighted by Gasteiger charge is -2.38. The topological polar surface area (TPSA) is 48.9 Å². The Bertz CT molecular complexity index is 600. The lowest BCUT2D eigenvalue weighted by molar-refractivity contribution is -0.0445. The quantitative estimate of drug-likeness (QED) is 0.816. The maximum absolute atomic E-state index is 13.0. The molecular weight excluding hydrogens is 304 g/mol. The summed E-state index contributed by atoms with van der Waals surface area (Å²) in [6.07, 6.45) is 5.31. The highest BCUT2D eigenvalue weighted by Gasteiger charge is 2.38. The smallest absolute Gasteiger partial charge is 0.254 e. The summed E-state index contributed by atoms with van der Waals surface area (Å²) in [6, 6.07) is 4.07. The number of pyridine rings is 1. The first-order chi connectivity index (χ1) is 11.7. The molecule has 1 aromatic rings. The number of rotatable bonds is 2. The van der Waals surface area contributed by atoms with E-state index in [4.69, 9.17) is 4.74 Å². The number of fused-ring (bicyclic) bond motifs is 1. The van der Waals surface area contributed by atoms with Crippen molar-refractivity contribution >= 4 is 11.7 Å². The fraction of sp³-hybridized carbons (Fsp3) is 0.667. The summed E-state index contributed by atoms with van der Waals surface area (Å²) in [5.41, 5.74) is 0.756. The van der Waals surface area contributed by atoms with Crippen LogP contribution in [0.25, 0.3) is 0 Å². The van der Waals surface area contributed by atoms with Crippen LogP contribution in [-0.2, 0) is 4.74 Å². The van der Waals surface area contributed by atoms with Gasteiger partial charge in [0.25, 0.3) is 5.91 Å². The molecule has 1 amide bonds. The molecule has 3 heterocycles. The number of carbonyl (C=O) groups is 1. The van der Waals surface area contributed by atoms with Crippen LogP contribution in [0.2, 0.25) is 0 Å². The van der Waals surface area contributed by atoms with Crippen molar-refractivity contribution in [3.05, 3.63) is 23.9 Å². The van der Waals surface area contributed by atoms with Gasteiger partial charge in [-0.15, -0.1) is 0 Å². The number of piperazine rings is 1. The molecule has 24 heavy (non-hydrogen) atoms. The van der Waals surface area contributed by atoms with Crippen molar-refractivity contribution in [2.45, 2.75) is 31.4 Å². The molecule has 0 unspecified atom stereocenters. The molecule has 3 aliphatic rings. The first-order valence-electron chi connectivity index (χ1n) is 9.04. The van der Waals surface area contributed by atoms with Crippen LogP contribution in [0.3, 0.4) is 0 Å². The predicted octanol–water partition coefficient (Wildman–Crippen LogP) is 1.23. The zero-order valence-corrected chi connectivity index (χ0v) is 14.4. The predicted molar refractivity (Wildman–Crippen MR) is 92.4 cm³/mol. The van der Waals surface area contributed by atoms with Gasteiger partial charge < -0.3 is 19.4 Å². The van der Waals surface area contributed by atoms with Crippen LogP contribution < -0.4 is 4.90 Å². The average molecular weight is 330 g/mol. The summed E-state index contributed by atoms with van der Waals surface area (Å²) in [7, 11) is 2.14. The molecule has 2 saturated heterocycles. The first-order valence-corrected chi connectivity index (χ1v) is 9.04. The molecule has 4 rings (SSSR count). The van der Waals surface area contributed by atoms with E-state index >= 15 is 0 Å². The number of nitrogens with zero attached hydrogens (tertiary/aromatic N) is 4. The Morgan fingerprint density at radius 1 is 1.21 bits per heavy atom. The highest BCUT2D eigenvalue weighted by molar-refractivity contribution is 5.95. The largest absolute Gasteiger partial charge is 0.374 e. The second kappa shape index (κ2) is 6.69. The van der Waals surface area contributed by atoms with Crippen molar-refractivity contribution < 1.29 is 9.53 Å². The fourth-order valence-electron chi connectivity index (χ4n) is 4.10. The van der Waals surface area contributed by atoms with Gasteiger partial charge in [-0.3, -0.25) is 4.79 Å². The normalized spacial score (nSPS) is 28.0. The van der Waals surface area contributed by atoms with E-state index in [0.29, 0.717) is 13.2 Å². The summed E-state index contributed by atoms with van der Waals surface area (Å²) in [6.45, 7) is 5.35. The van der Waals surface area contributed by atoms with E-state index in [2.05, 4.69) is 21.8 Å². The van der Waals surface area contributed by atoms with Crippen molar-refractivity contribution in [3.8, 4) is 0 Å². The van der Waals surface area contributed by atoms with Crippen molar-refractivity contribution in [1.82, 2.24) is 14.8 Å². The number of anilines is 1. The maximum Gasteiger partial charge on any atom is 0.254 e. The molecule has 6 nitrogen and oxygen atoms in total. The first kappa shape index (κ1) is 15.8. The second-order valence-corrected chi connectivity index (χ2v) is 7.10. The van der Waals surface area contributed by atoms with Gasteiger partial charge >= 0.3 is 0 Å². The summed E-state index contributed by atoms with van der Waals surface area (Å²) < 4.78 is 5.83. The molecular formula is C18H26N4O2. The number of amides is 1. The second-order valence-electron chi connectivity index (χ2n) is 7.10. The molecule has 6 heteroatoms. The molecule has 2 atom stereocenters. The lowest BCUT2D eigenvalue weighted by Crippen LogP contribution is -2.51. The third-order valence-electron chi connectivity index (χ3n) is 5.56. The number of aromatic nitrogens is 1. The number of carbonyl (C=O) groups excluding carboxylic acids is 1. The van der Waals surface area contributed by atoms with Crippen LogP contribution in [0.5, 0.6) is 0 Å². The Kier molecular flexibility index (Phi) is 4.41. The Balaban J connectivity index is 1.51. The number of hydrogen-bond donors (Lipinski definition) is 0. The Morgan fingerprint density at radius 2 is 2.04 bits per heavy atom. The molecule has 2 aliphatic heterocycles. The Morgan fingerprint density at radius 3 is 2.88 bits per heavy atom. The van der Waals surface area contributed by atoms with Crippen LogP contribution >= 0.6 is 0 Å². The van der Waals surface area contributed by atoms with Crippen molar-refractivity contribution in [2.24, 2.45) is 0 Å². The van der Waals surface area contributed by atoms with Gasteiger partial charge in [-0.2, -0.15) is 0 Å². The van der Waals surface area contributed by atoms with Crippen LogP contribution in [0.1, 0.15) is 29.6 Å². The lowest BCUT2D eigenvalue weighted by atomic mass is 10.1. The van der Waals surface area contributed by atoms with Gasteiger partial charge in [0, 0.05) is 44.5 Å². The van der Waals surface area contributed by atoms with Crippen LogP contribution in [0, 0.1) is 0 Å². The van der Waals surface area contributed by atoms with Crippen molar-refractivity contribution in [2.75, 3.05) is 51.3 Å². The molecule has 0 spiro atoms. The Hall–Kier alpha value is -1.66. The van der Waals surface area contributed by atoms with Crippen molar-refractivity contribution in [3.63, 3.8) is 0 Å².